The highest BCUT2D eigenvalue weighted by molar-refractivity contribution is 5.81. The molecule has 0 aromatic heterocycles. The Hall–Kier alpha value is -2.49. The molecule has 1 unspecified atom stereocenters. The summed E-state index contributed by atoms with van der Waals surface area (Å²) >= 11 is 0. The van der Waals surface area contributed by atoms with Gasteiger partial charge in [-0.05, 0) is 99.7 Å². The number of carbonyl (C=O) groups excluding carboxylic acids is 1. The molecule has 0 bridgehead atoms. The molecule has 1 N–H and O–H groups in total. The zero-order chi connectivity index (χ0) is 21.3. The van der Waals surface area contributed by atoms with Gasteiger partial charge in [-0.25, -0.2) is 0 Å². The molecule has 2 aromatic carbocycles. The van der Waals surface area contributed by atoms with E-state index >= 15 is 0 Å². The van der Waals surface area contributed by atoms with Crippen LogP contribution in [0.25, 0.3) is 0 Å². The first-order valence-corrected chi connectivity index (χ1v) is 11.4. The second-order valence-electron chi connectivity index (χ2n) is 8.36. The van der Waals surface area contributed by atoms with Crippen LogP contribution >= 0.6 is 0 Å². The Morgan fingerprint density at radius 2 is 1.77 bits per heavy atom. The van der Waals surface area contributed by atoms with Crippen LogP contribution in [0.2, 0.25) is 0 Å². The van der Waals surface area contributed by atoms with E-state index in [4.69, 9.17) is 9.47 Å². The second-order valence-corrected chi connectivity index (χ2v) is 8.36. The Morgan fingerprint density at radius 3 is 2.53 bits per heavy atom. The molecule has 0 aliphatic heterocycles. The van der Waals surface area contributed by atoms with Gasteiger partial charge in [-0.15, -0.1) is 0 Å². The number of hydrogen-bond acceptors (Lipinski definition) is 3. The summed E-state index contributed by atoms with van der Waals surface area (Å²) in [6.07, 6.45) is 6.92. The number of fused-ring (bicyclic) bond motifs is 1. The van der Waals surface area contributed by atoms with Crippen LogP contribution in [0.4, 0.5) is 0 Å². The molecule has 2 aromatic rings. The molecule has 0 radical (unpaired) electrons. The predicted octanol–water partition coefficient (Wildman–Crippen LogP) is 5.26. The van der Waals surface area contributed by atoms with E-state index in [1.165, 1.54) is 29.5 Å². The van der Waals surface area contributed by atoms with Gasteiger partial charge in [-0.2, -0.15) is 0 Å². The van der Waals surface area contributed by atoms with Gasteiger partial charge in [-0.1, -0.05) is 25.1 Å². The largest absolute Gasteiger partial charge is 0.491 e. The summed E-state index contributed by atoms with van der Waals surface area (Å²) in [6, 6.07) is 14.5. The quantitative estimate of drug-likeness (QED) is 0.545. The van der Waals surface area contributed by atoms with E-state index in [9.17, 15) is 4.79 Å². The van der Waals surface area contributed by atoms with Crippen molar-refractivity contribution in [3.05, 3.63) is 59.2 Å². The van der Waals surface area contributed by atoms with Crippen LogP contribution in [0.3, 0.4) is 0 Å². The number of nitrogens with one attached hydrogen (secondary N) is 1. The predicted molar refractivity (Wildman–Crippen MR) is 121 cm³/mol. The number of amides is 1. The van der Waals surface area contributed by atoms with Crippen molar-refractivity contribution < 1.29 is 14.3 Å². The summed E-state index contributed by atoms with van der Waals surface area (Å²) in [5, 5.41) is 3.04. The van der Waals surface area contributed by atoms with Crippen LogP contribution in [0.15, 0.2) is 42.5 Å². The summed E-state index contributed by atoms with van der Waals surface area (Å²) in [6.45, 7) is 6.68. The minimum absolute atomic E-state index is 0.0351. The van der Waals surface area contributed by atoms with Gasteiger partial charge in [0.2, 0.25) is 0 Å². The topological polar surface area (TPSA) is 47.6 Å². The molecule has 0 saturated heterocycles. The van der Waals surface area contributed by atoms with Crippen molar-refractivity contribution in [2.24, 2.45) is 0 Å². The van der Waals surface area contributed by atoms with Crippen molar-refractivity contribution in [2.45, 2.75) is 77.9 Å². The number of hydrogen-bond donors (Lipinski definition) is 1. The fraction of sp³-hybridized carbons (Fsp3) is 0.500. The van der Waals surface area contributed by atoms with Gasteiger partial charge in [-0.3, -0.25) is 4.79 Å². The molecule has 1 aliphatic carbocycles. The zero-order valence-corrected chi connectivity index (χ0v) is 18.6. The fourth-order valence-corrected chi connectivity index (χ4v) is 3.93. The van der Waals surface area contributed by atoms with Crippen LogP contribution in [0.1, 0.15) is 63.1 Å². The van der Waals surface area contributed by atoms with E-state index in [1.54, 1.807) is 0 Å². The average Bonchev–Trinajstić information content (AvgIpc) is 2.74. The number of carbonyl (C=O) groups is 1. The summed E-state index contributed by atoms with van der Waals surface area (Å²) in [5.41, 5.74) is 4.02. The monoisotopic (exact) mass is 409 g/mol. The highest BCUT2D eigenvalue weighted by Crippen LogP contribution is 2.26. The van der Waals surface area contributed by atoms with E-state index in [0.717, 1.165) is 37.2 Å². The Labute approximate surface area is 181 Å². The normalized spacial score (nSPS) is 14.1. The maximum atomic E-state index is 12.6. The van der Waals surface area contributed by atoms with Gasteiger partial charge in [0, 0.05) is 6.54 Å². The van der Waals surface area contributed by atoms with Crippen LogP contribution in [0.5, 0.6) is 11.5 Å². The maximum Gasteiger partial charge on any atom is 0.261 e. The maximum absolute atomic E-state index is 12.6. The number of aryl methyl sites for hydroxylation is 3. The van der Waals surface area contributed by atoms with Crippen molar-refractivity contribution >= 4 is 5.91 Å². The van der Waals surface area contributed by atoms with Crippen molar-refractivity contribution in [3.8, 4) is 11.5 Å². The van der Waals surface area contributed by atoms with Crippen LogP contribution in [-0.4, -0.2) is 24.7 Å². The lowest BCUT2D eigenvalue weighted by molar-refractivity contribution is -0.128. The molecular formula is C26H35NO3. The molecule has 0 fully saturated rings. The highest BCUT2D eigenvalue weighted by Gasteiger charge is 2.19. The zero-order valence-electron chi connectivity index (χ0n) is 18.6. The van der Waals surface area contributed by atoms with Crippen LogP contribution in [-0.2, 0) is 24.1 Å². The Bertz CT molecular complexity index is 831. The molecule has 0 saturated carbocycles. The average molecular weight is 410 g/mol. The number of rotatable bonds is 10. The highest BCUT2D eigenvalue weighted by atomic mass is 16.5. The van der Waals surface area contributed by atoms with Gasteiger partial charge in [0.1, 0.15) is 11.5 Å². The first kappa shape index (κ1) is 22.2. The third-order valence-electron chi connectivity index (χ3n) is 5.47. The first-order chi connectivity index (χ1) is 14.5. The number of ether oxygens (including phenoxy) is 2. The molecule has 0 spiro atoms. The van der Waals surface area contributed by atoms with Gasteiger partial charge in [0.25, 0.3) is 5.91 Å². The van der Waals surface area contributed by atoms with Crippen molar-refractivity contribution in [1.29, 1.82) is 0 Å². The molecule has 3 rings (SSSR count). The molecule has 30 heavy (non-hydrogen) atoms. The van der Waals surface area contributed by atoms with Crippen LogP contribution in [0, 0.1) is 0 Å². The SMILES string of the molecule is CCC(Oc1ccc2c(c1)CCCC2)C(=O)NCCCc1cccc(OC(C)C)c1. The molecule has 4 nitrogen and oxygen atoms in total. The van der Waals surface area contributed by atoms with Crippen molar-refractivity contribution in [2.75, 3.05) is 6.54 Å². The Balaban J connectivity index is 1.45. The molecule has 0 heterocycles. The lowest BCUT2D eigenvalue weighted by Gasteiger charge is -2.20. The first-order valence-electron chi connectivity index (χ1n) is 11.4. The van der Waals surface area contributed by atoms with E-state index in [2.05, 4.69) is 29.6 Å². The Morgan fingerprint density at radius 1 is 1.00 bits per heavy atom. The standard InChI is InChI=1S/C26H35NO3/c1-4-25(30-24-15-14-21-11-5-6-12-22(21)18-24)26(28)27-16-8-10-20-9-7-13-23(17-20)29-19(2)3/h7,9,13-15,17-19,25H,4-6,8,10-12,16H2,1-3H3,(H,27,28). The van der Waals surface area contributed by atoms with Gasteiger partial charge in [0.15, 0.2) is 6.10 Å². The molecular weight excluding hydrogens is 374 g/mol. The van der Waals surface area contributed by atoms with E-state index in [1.807, 2.05) is 39.0 Å². The lowest BCUT2D eigenvalue weighted by Crippen LogP contribution is -2.38. The fourth-order valence-electron chi connectivity index (χ4n) is 3.93. The van der Waals surface area contributed by atoms with Gasteiger partial charge >= 0.3 is 0 Å². The van der Waals surface area contributed by atoms with Gasteiger partial charge < -0.3 is 14.8 Å². The van der Waals surface area contributed by atoms with Crippen molar-refractivity contribution in [1.82, 2.24) is 5.32 Å². The van der Waals surface area contributed by atoms with E-state index in [0.29, 0.717) is 13.0 Å². The summed E-state index contributed by atoms with van der Waals surface area (Å²) in [4.78, 5) is 12.6. The minimum atomic E-state index is -0.450. The molecule has 1 aliphatic rings. The van der Waals surface area contributed by atoms with Crippen molar-refractivity contribution in [3.63, 3.8) is 0 Å². The third-order valence-corrected chi connectivity index (χ3v) is 5.47. The Kier molecular flexibility index (Phi) is 8.18. The molecule has 162 valence electrons. The van der Waals surface area contributed by atoms with Gasteiger partial charge in [0.05, 0.1) is 6.10 Å². The summed E-state index contributed by atoms with van der Waals surface area (Å²) < 4.78 is 11.8. The summed E-state index contributed by atoms with van der Waals surface area (Å²) in [5.74, 6) is 1.67. The number of benzene rings is 2. The van der Waals surface area contributed by atoms with Crippen LogP contribution < -0.4 is 14.8 Å². The smallest absolute Gasteiger partial charge is 0.261 e. The molecule has 4 heteroatoms. The summed E-state index contributed by atoms with van der Waals surface area (Å²) in [7, 11) is 0. The molecule has 1 atom stereocenters. The molecule has 1 amide bonds. The lowest BCUT2D eigenvalue weighted by atomic mass is 9.92. The van der Waals surface area contributed by atoms with E-state index in [-0.39, 0.29) is 12.0 Å². The minimum Gasteiger partial charge on any atom is -0.491 e. The third kappa shape index (κ3) is 6.51. The van der Waals surface area contributed by atoms with E-state index < -0.39 is 6.10 Å². The second kappa shape index (κ2) is 11.1.